The monoisotopic (exact) mass is 319 g/mol. The van der Waals surface area contributed by atoms with E-state index >= 15 is 0 Å². The van der Waals surface area contributed by atoms with Gasteiger partial charge in [0.25, 0.3) is 5.56 Å². The summed E-state index contributed by atoms with van der Waals surface area (Å²) in [6, 6.07) is 13.4. The summed E-state index contributed by atoms with van der Waals surface area (Å²) < 4.78 is 4.59. The molecule has 0 fully saturated rings. The molecule has 0 radical (unpaired) electrons. The smallest absolute Gasteiger partial charge is 0.273 e. The lowest BCUT2D eigenvalue weighted by molar-refractivity contribution is 0.314. The second-order valence-corrected chi connectivity index (χ2v) is 5.40. The third-order valence-electron chi connectivity index (χ3n) is 3.68. The second-order valence-electron chi connectivity index (χ2n) is 5.40. The predicted octanol–water partition coefficient (Wildman–Crippen LogP) is 3.03. The molecule has 0 saturated heterocycles. The van der Waals surface area contributed by atoms with Crippen LogP contribution in [-0.2, 0) is 0 Å². The molecule has 0 aliphatic heterocycles. The van der Waals surface area contributed by atoms with Gasteiger partial charge in [-0.15, -0.1) is 0 Å². The van der Waals surface area contributed by atoms with Crippen molar-refractivity contribution in [1.82, 2.24) is 20.3 Å². The van der Waals surface area contributed by atoms with E-state index in [2.05, 4.69) is 30.2 Å². The van der Waals surface area contributed by atoms with Crippen LogP contribution in [0.4, 0.5) is 11.4 Å². The molecule has 0 aliphatic rings. The number of fused-ring (bicyclic) bond motifs is 1. The summed E-state index contributed by atoms with van der Waals surface area (Å²) in [6.07, 6.45) is 1.84. The van der Waals surface area contributed by atoms with Crippen LogP contribution >= 0.6 is 0 Å². The van der Waals surface area contributed by atoms with Crippen LogP contribution in [0.15, 0.2) is 58.1 Å². The third-order valence-corrected chi connectivity index (χ3v) is 3.68. The zero-order valence-electron chi connectivity index (χ0n) is 12.8. The minimum absolute atomic E-state index is 0.287. The Kier molecular flexibility index (Phi) is 3.31. The predicted molar refractivity (Wildman–Crippen MR) is 90.1 cm³/mol. The fraction of sp³-hybridized carbons (Fsp3) is 0.0588. The maximum atomic E-state index is 12.0. The first-order valence-corrected chi connectivity index (χ1v) is 7.35. The number of anilines is 2. The highest BCUT2D eigenvalue weighted by Crippen LogP contribution is 2.22. The highest BCUT2D eigenvalue weighted by Gasteiger charge is 2.07. The van der Waals surface area contributed by atoms with E-state index in [9.17, 15) is 4.79 Å². The molecule has 0 aliphatic carbocycles. The molecule has 3 heterocycles. The zero-order valence-corrected chi connectivity index (χ0v) is 12.8. The molecular formula is C17H13N5O2. The van der Waals surface area contributed by atoms with Crippen molar-refractivity contribution in [3.63, 3.8) is 0 Å². The number of aromatic nitrogens is 4. The van der Waals surface area contributed by atoms with E-state index in [-0.39, 0.29) is 5.56 Å². The Morgan fingerprint density at radius 3 is 2.58 bits per heavy atom. The van der Waals surface area contributed by atoms with E-state index < -0.39 is 0 Å². The number of aromatic amines is 1. The number of pyridine rings is 2. The van der Waals surface area contributed by atoms with Crippen LogP contribution in [0.1, 0.15) is 5.69 Å². The van der Waals surface area contributed by atoms with Crippen molar-refractivity contribution >= 4 is 22.5 Å². The van der Waals surface area contributed by atoms with Crippen molar-refractivity contribution in [2.45, 2.75) is 6.92 Å². The van der Waals surface area contributed by atoms with Gasteiger partial charge in [-0.05, 0) is 41.0 Å². The molecule has 0 unspecified atom stereocenters. The van der Waals surface area contributed by atoms with Gasteiger partial charge in [-0.2, -0.15) is 0 Å². The molecule has 2 N–H and O–H groups in total. The quantitative estimate of drug-likeness (QED) is 0.602. The first kappa shape index (κ1) is 14.1. The van der Waals surface area contributed by atoms with Crippen LogP contribution < -0.4 is 10.9 Å². The second kappa shape index (κ2) is 5.62. The highest BCUT2D eigenvalue weighted by molar-refractivity contribution is 5.75. The Morgan fingerprint density at radius 1 is 1.04 bits per heavy atom. The number of nitrogens with one attached hydrogen (secondary N) is 2. The van der Waals surface area contributed by atoms with Gasteiger partial charge in [-0.1, -0.05) is 18.2 Å². The van der Waals surface area contributed by atoms with Crippen molar-refractivity contribution in [3.05, 3.63) is 64.7 Å². The largest absolute Gasteiger partial charge is 0.351 e. The van der Waals surface area contributed by atoms with E-state index in [0.717, 1.165) is 22.5 Å². The number of nitrogens with zero attached hydrogens (tertiary/aromatic N) is 3. The van der Waals surface area contributed by atoms with Crippen LogP contribution in [0.25, 0.3) is 22.3 Å². The number of H-pyrrole nitrogens is 1. The van der Waals surface area contributed by atoms with Crippen LogP contribution in [0.5, 0.6) is 0 Å². The normalized spacial score (nSPS) is 10.9. The van der Waals surface area contributed by atoms with Gasteiger partial charge in [0.15, 0.2) is 5.52 Å². The summed E-state index contributed by atoms with van der Waals surface area (Å²) in [6.45, 7) is 1.95. The fourth-order valence-corrected chi connectivity index (χ4v) is 2.39. The Hall–Kier alpha value is -3.48. The van der Waals surface area contributed by atoms with Crippen molar-refractivity contribution in [2.24, 2.45) is 0 Å². The first-order valence-electron chi connectivity index (χ1n) is 7.35. The van der Waals surface area contributed by atoms with Gasteiger partial charge in [-0.25, -0.2) is 4.63 Å². The van der Waals surface area contributed by atoms with Crippen LogP contribution in [0.2, 0.25) is 0 Å². The summed E-state index contributed by atoms with van der Waals surface area (Å²) in [7, 11) is 0. The van der Waals surface area contributed by atoms with Gasteiger partial charge in [0.2, 0.25) is 5.65 Å². The Bertz CT molecular complexity index is 1050. The summed E-state index contributed by atoms with van der Waals surface area (Å²) in [5, 5.41) is 10.4. The molecule has 7 heteroatoms. The maximum Gasteiger partial charge on any atom is 0.273 e. The van der Waals surface area contributed by atoms with Crippen LogP contribution in [0.3, 0.4) is 0 Å². The minimum Gasteiger partial charge on any atom is -0.351 e. The lowest BCUT2D eigenvalue weighted by atomic mass is 10.1. The van der Waals surface area contributed by atoms with Gasteiger partial charge in [-0.3, -0.25) is 9.78 Å². The zero-order chi connectivity index (χ0) is 16.5. The lowest BCUT2D eigenvalue weighted by Crippen LogP contribution is -2.11. The molecule has 3 aromatic heterocycles. The van der Waals surface area contributed by atoms with E-state index in [1.54, 1.807) is 6.07 Å². The first-order chi connectivity index (χ1) is 11.7. The molecule has 0 bridgehead atoms. The van der Waals surface area contributed by atoms with Crippen molar-refractivity contribution in [1.29, 1.82) is 0 Å². The third kappa shape index (κ3) is 2.63. The molecule has 0 atom stereocenters. The van der Waals surface area contributed by atoms with Crippen LogP contribution in [-0.4, -0.2) is 20.3 Å². The molecule has 24 heavy (non-hydrogen) atoms. The summed E-state index contributed by atoms with van der Waals surface area (Å²) >= 11 is 0. The number of hydrogen-bond donors (Lipinski definition) is 2. The van der Waals surface area contributed by atoms with Gasteiger partial charge in [0, 0.05) is 29.2 Å². The average Bonchev–Trinajstić information content (AvgIpc) is 3.04. The van der Waals surface area contributed by atoms with E-state index in [1.165, 1.54) is 0 Å². The SMILES string of the molecule is Cc1ccc(-c2ccc(Nc3cc4nonc4[nH]c3=O)cc2)cn1. The highest BCUT2D eigenvalue weighted by atomic mass is 16.6. The molecule has 1 aromatic carbocycles. The summed E-state index contributed by atoms with van der Waals surface area (Å²) in [5.74, 6) is 0. The standard InChI is InChI=1S/C17H13N5O2/c1-10-2-3-12(9-18-10)11-4-6-13(7-5-11)19-15-8-14-16(20-17(15)23)22-24-21-14/h2-9,19H,1H3,(H,20,22,23). The van der Waals surface area contributed by atoms with Gasteiger partial charge in [0.05, 0.1) is 0 Å². The van der Waals surface area contributed by atoms with Crippen molar-refractivity contribution in [3.8, 4) is 11.1 Å². The maximum absolute atomic E-state index is 12.0. The summed E-state index contributed by atoms with van der Waals surface area (Å²) in [5.41, 5.74) is 4.77. The molecule has 7 nitrogen and oxygen atoms in total. The number of aryl methyl sites for hydroxylation is 1. The molecule has 118 valence electrons. The fourth-order valence-electron chi connectivity index (χ4n) is 2.39. The Balaban J connectivity index is 1.61. The lowest BCUT2D eigenvalue weighted by Gasteiger charge is -2.07. The Labute approximate surface area is 136 Å². The number of rotatable bonds is 3. The van der Waals surface area contributed by atoms with E-state index in [4.69, 9.17) is 0 Å². The number of benzene rings is 1. The molecular weight excluding hydrogens is 306 g/mol. The van der Waals surface area contributed by atoms with Gasteiger partial charge >= 0.3 is 0 Å². The molecule has 4 rings (SSSR count). The molecule has 0 amide bonds. The van der Waals surface area contributed by atoms with E-state index in [1.807, 2.05) is 49.5 Å². The van der Waals surface area contributed by atoms with Crippen molar-refractivity contribution < 1.29 is 4.63 Å². The number of hydrogen-bond acceptors (Lipinski definition) is 6. The summed E-state index contributed by atoms with van der Waals surface area (Å²) in [4.78, 5) is 18.9. The molecule has 0 spiro atoms. The van der Waals surface area contributed by atoms with E-state index in [0.29, 0.717) is 16.9 Å². The minimum atomic E-state index is -0.287. The van der Waals surface area contributed by atoms with Crippen LogP contribution in [0, 0.1) is 6.92 Å². The van der Waals surface area contributed by atoms with Crippen molar-refractivity contribution in [2.75, 3.05) is 5.32 Å². The molecule has 4 aromatic rings. The molecule has 0 saturated carbocycles. The topological polar surface area (TPSA) is 96.7 Å². The average molecular weight is 319 g/mol. The Morgan fingerprint density at radius 2 is 1.83 bits per heavy atom. The van der Waals surface area contributed by atoms with Gasteiger partial charge in [0.1, 0.15) is 5.69 Å². The van der Waals surface area contributed by atoms with Gasteiger partial charge < -0.3 is 10.3 Å².